The summed E-state index contributed by atoms with van der Waals surface area (Å²) in [7, 11) is 0. The standard InChI is InChI=1S/C8H4BrFO2/c9-8-7(11)5-3-4(10)1-2-6(5)12-8/h1-3,8H/t8-/m0/s1. The molecule has 1 aromatic carbocycles. The van der Waals surface area contributed by atoms with Crippen LogP contribution in [0.4, 0.5) is 4.39 Å². The van der Waals surface area contributed by atoms with E-state index in [1.54, 1.807) is 0 Å². The molecule has 1 aromatic rings. The summed E-state index contributed by atoms with van der Waals surface area (Å²) in [6, 6.07) is 3.89. The van der Waals surface area contributed by atoms with Gasteiger partial charge in [-0.05, 0) is 34.1 Å². The Morgan fingerprint density at radius 3 is 3.00 bits per heavy atom. The third kappa shape index (κ3) is 1.03. The molecule has 1 aliphatic heterocycles. The van der Waals surface area contributed by atoms with Gasteiger partial charge in [-0.1, -0.05) is 0 Å². The van der Waals surface area contributed by atoms with Gasteiger partial charge in [-0.3, -0.25) is 4.79 Å². The number of ketones is 1. The number of carbonyl (C=O) groups is 1. The molecule has 1 heterocycles. The molecule has 1 aliphatic rings. The van der Waals surface area contributed by atoms with Crippen LogP contribution in [-0.4, -0.2) is 10.8 Å². The Bertz CT molecular complexity index is 351. The first kappa shape index (κ1) is 7.73. The molecule has 0 aliphatic carbocycles. The van der Waals surface area contributed by atoms with Crippen LogP contribution >= 0.6 is 15.9 Å². The molecular formula is C8H4BrFO2. The fraction of sp³-hybridized carbons (Fsp3) is 0.125. The summed E-state index contributed by atoms with van der Waals surface area (Å²) < 4.78 is 17.7. The summed E-state index contributed by atoms with van der Waals surface area (Å²) in [5.41, 5.74) is 0.303. The zero-order valence-corrected chi connectivity index (χ0v) is 7.47. The first-order valence-electron chi connectivity index (χ1n) is 3.33. The van der Waals surface area contributed by atoms with Crippen LogP contribution in [0.5, 0.6) is 5.75 Å². The lowest BCUT2D eigenvalue weighted by molar-refractivity contribution is 0.0942. The largest absolute Gasteiger partial charge is 0.470 e. The predicted octanol–water partition coefficient (Wildman–Crippen LogP) is 2.12. The molecule has 0 aromatic heterocycles. The van der Waals surface area contributed by atoms with Gasteiger partial charge >= 0.3 is 0 Å². The van der Waals surface area contributed by atoms with Crippen molar-refractivity contribution >= 4 is 21.7 Å². The van der Waals surface area contributed by atoms with E-state index in [1.165, 1.54) is 18.2 Å². The third-order valence-electron chi connectivity index (χ3n) is 1.64. The average molecular weight is 231 g/mol. The number of carbonyl (C=O) groups excluding carboxylic acids is 1. The zero-order valence-electron chi connectivity index (χ0n) is 5.88. The fourth-order valence-corrected chi connectivity index (χ4v) is 1.53. The average Bonchev–Trinajstić information content (AvgIpc) is 2.31. The van der Waals surface area contributed by atoms with Gasteiger partial charge in [0.2, 0.25) is 10.8 Å². The van der Waals surface area contributed by atoms with Crippen molar-refractivity contribution in [2.75, 3.05) is 0 Å². The van der Waals surface area contributed by atoms with Crippen molar-refractivity contribution in [1.29, 1.82) is 0 Å². The molecule has 0 fully saturated rings. The number of halogens is 2. The van der Waals surface area contributed by atoms with Crippen LogP contribution in [0.2, 0.25) is 0 Å². The molecule has 0 amide bonds. The number of hydrogen-bond acceptors (Lipinski definition) is 2. The van der Waals surface area contributed by atoms with E-state index < -0.39 is 10.8 Å². The Morgan fingerprint density at radius 1 is 1.50 bits per heavy atom. The zero-order chi connectivity index (χ0) is 8.72. The molecule has 0 radical (unpaired) electrons. The van der Waals surface area contributed by atoms with Gasteiger partial charge in [-0.15, -0.1) is 0 Å². The lowest BCUT2D eigenvalue weighted by atomic mass is 10.1. The van der Waals surface area contributed by atoms with E-state index in [2.05, 4.69) is 15.9 Å². The van der Waals surface area contributed by atoms with Gasteiger partial charge in [-0.25, -0.2) is 4.39 Å². The maximum Gasteiger partial charge on any atom is 0.218 e. The minimum atomic E-state index is -0.658. The molecule has 4 heteroatoms. The second-order valence-electron chi connectivity index (χ2n) is 2.44. The van der Waals surface area contributed by atoms with E-state index in [0.717, 1.165) is 0 Å². The quantitative estimate of drug-likeness (QED) is 0.639. The van der Waals surface area contributed by atoms with Crippen LogP contribution in [0.1, 0.15) is 10.4 Å². The number of rotatable bonds is 0. The number of alkyl halides is 1. The second kappa shape index (κ2) is 2.55. The van der Waals surface area contributed by atoms with Crippen molar-refractivity contribution < 1.29 is 13.9 Å². The number of benzene rings is 1. The Labute approximate surface area is 76.5 Å². The molecule has 0 bridgehead atoms. The van der Waals surface area contributed by atoms with Gasteiger partial charge in [0.05, 0.1) is 5.56 Å². The van der Waals surface area contributed by atoms with Gasteiger partial charge < -0.3 is 4.74 Å². The highest BCUT2D eigenvalue weighted by atomic mass is 79.9. The smallest absolute Gasteiger partial charge is 0.218 e. The predicted molar refractivity (Wildman–Crippen MR) is 44.1 cm³/mol. The molecule has 0 saturated carbocycles. The van der Waals surface area contributed by atoms with Gasteiger partial charge in [-0.2, -0.15) is 0 Å². The van der Waals surface area contributed by atoms with Gasteiger partial charge in [0.1, 0.15) is 11.6 Å². The molecular weight excluding hydrogens is 227 g/mol. The minimum Gasteiger partial charge on any atom is -0.470 e. The minimum absolute atomic E-state index is 0.232. The Balaban J connectivity index is 2.56. The number of Topliss-reactive ketones (excluding diaryl/α,β-unsaturated/α-hetero) is 1. The third-order valence-corrected chi connectivity index (χ3v) is 2.25. The SMILES string of the molecule is O=C1c2cc(F)ccc2O[C@@H]1Br. The molecule has 0 N–H and O–H groups in total. The normalized spacial score (nSPS) is 20.5. The number of ether oxygens (including phenoxy) is 1. The van der Waals surface area contributed by atoms with Crippen LogP contribution < -0.4 is 4.74 Å². The van der Waals surface area contributed by atoms with E-state index in [-0.39, 0.29) is 5.78 Å². The molecule has 1 atom stereocenters. The molecule has 62 valence electrons. The maximum atomic E-state index is 12.6. The highest BCUT2D eigenvalue weighted by molar-refractivity contribution is 9.09. The van der Waals surface area contributed by atoms with E-state index in [4.69, 9.17) is 4.74 Å². The van der Waals surface area contributed by atoms with E-state index in [9.17, 15) is 9.18 Å². The van der Waals surface area contributed by atoms with E-state index in [0.29, 0.717) is 11.3 Å². The van der Waals surface area contributed by atoms with Crippen LogP contribution in [0, 0.1) is 5.82 Å². The van der Waals surface area contributed by atoms with Gasteiger partial charge in [0.25, 0.3) is 0 Å². The van der Waals surface area contributed by atoms with Crippen LogP contribution in [0.25, 0.3) is 0 Å². The molecule has 0 spiro atoms. The highest BCUT2D eigenvalue weighted by Crippen LogP contribution is 2.31. The van der Waals surface area contributed by atoms with E-state index in [1.807, 2.05) is 0 Å². The lowest BCUT2D eigenvalue weighted by Crippen LogP contribution is -2.10. The highest BCUT2D eigenvalue weighted by Gasteiger charge is 2.30. The fourth-order valence-electron chi connectivity index (χ4n) is 1.08. The molecule has 12 heavy (non-hydrogen) atoms. The van der Waals surface area contributed by atoms with Crippen molar-refractivity contribution in [3.05, 3.63) is 29.6 Å². The first-order valence-corrected chi connectivity index (χ1v) is 4.24. The summed E-state index contributed by atoms with van der Waals surface area (Å²) in [6.45, 7) is 0. The summed E-state index contributed by atoms with van der Waals surface area (Å²) in [6.07, 6.45) is 0. The lowest BCUT2D eigenvalue weighted by Gasteiger charge is -1.97. The molecule has 2 nitrogen and oxygen atoms in total. The van der Waals surface area contributed by atoms with Crippen molar-refractivity contribution in [1.82, 2.24) is 0 Å². The second-order valence-corrected chi connectivity index (χ2v) is 3.27. The number of hydrogen-bond donors (Lipinski definition) is 0. The van der Waals surface area contributed by atoms with Crippen LogP contribution in [0.3, 0.4) is 0 Å². The molecule has 2 rings (SSSR count). The Morgan fingerprint density at radius 2 is 2.25 bits per heavy atom. The Hall–Kier alpha value is -0.900. The summed E-state index contributed by atoms with van der Waals surface area (Å²) >= 11 is 3.01. The van der Waals surface area contributed by atoms with Crippen molar-refractivity contribution in [2.24, 2.45) is 0 Å². The summed E-state index contributed by atoms with van der Waals surface area (Å²) in [4.78, 5) is 11.2. The summed E-state index contributed by atoms with van der Waals surface area (Å²) in [5.74, 6) is -0.222. The molecule has 0 unspecified atom stereocenters. The Kier molecular flexibility index (Phi) is 1.65. The van der Waals surface area contributed by atoms with Gasteiger partial charge in [0, 0.05) is 0 Å². The molecule has 0 saturated heterocycles. The monoisotopic (exact) mass is 230 g/mol. The van der Waals surface area contributed by atoms with Crippen molar-refractivity contribution in [2.45, 2.75) is 5.01 Å². The summed E-state index contributed by atoms with van der Waals surface area (Å²) in [5, 5.41) is -0.658. The van der Waals surface area contributed by atoms with Crippen molar-refractivity contribution in [3.8, 4) is 5.75 Å². The number of fused-ring (bicyclic) bond motifs is 1. The van der Waals surface area contributed by atoms with E-state index >= 15 is 0 Å². The van der Waals surface area contributed by atoms with Crippen LogP contribution in [-0.2, 0) is 0 Å². The van der Waals surface area contributed by atoms with Crippen molar-refractivity contribution in [3.63, 3.8) is 0 Å². The first-order chi connectivity index (χ1) is 5.68. The topological polar surface area (TPSA) is 26.3 Å². The van der Waals surface area contributed by atoms with Gasteiger partial charge in [0.15, 0.2) is 0 Å². The maximum absolute atomic E-state index is 12.6. The van der Waals surface area contributed by atoms with Crippen LogP contribution in [0.15, 0.2) is 18.2 Å².